The van der Waals surface area contributed by atoms with Crippen LogP contribution >= 0.6 is 0 Å². The van der Waals surface area contributed by atoms with E-state index in [1.807, 2.05) is 12.1 Å². The molecular weight excluding hydrogens is 596 g/mol. The van der Waals surface area contributed by atoms with Crippen LogP contribution in [0, 0.1) is 24.7 Å². The maximum absolute atomic E-state index is 14.3. The second-order valence-electron chi connectivity index (χ2n) is 15.6. The van der Waals surface area contributed by atoms with Crippen LogP contribution < -0.4 is 16.4 Å². The lowest BCUT2D eigenvalue weighted by Crippen LogP contribution is -2.55. The van der Waals surface area contributed by atoms with Gasteiger partial charge in [-0.25, -0.2) is 0 Å². The summed E-state index contributed by atoms with van der Waals surface area (Å²) >= 11 is 0. The summed E-state index contributed by atoms with van der Waals surface area (Å²) in [5.74, 6) is 1.91. The SMILES string of the molecule is Cc1cc(C[C@@H](CCN2CCC(CCC3Cc4ccccc4NC3=O)CC2)C(=O)N2CCN(C3CCNCC3)CC2)cc(C2CC2)c1N. The molecule has 4 fully saturated rings. The van der Waals surface area contributed by atoms with Gasteiger partial charge in [0.2, 0.25) is 11.8 Å². The van der Waals surface area contributed by atoms with Gasteiger partial charge in [-0.15, -0.1) is 0 Å². The molecule has 0 spiro atoms. The average molecular weight is 655 g/mol. The molecule has 8 nitrogen and oxygen atoms in total. The number of amides is 2. The Morgan fingerprint density at radius 3 is 2.44 bits per heavy atom. The minimum Gasteiger partial charge on any atom is -0.398 e. The molecule has 2 aromatic carbocycles. The molecule has 0 aromatic heterocycles. The van der Waals surface area contributed by atoms with E-state index in [9.17, 15) is 9.59 Å². The highest BCUT2D eigenvalue weighted by Gasteiger charge is 2.33. The number of hydrogen-bond donors (Lipinski definition) is 3. The zero-order valence-electron chi connectivity index (χ0n) is 29.2. The van der Waals surface area contributed by atoms with Crippen molar-refractivity contribution < 1.29 is 9.59 Å². The van der Waals surface area contributed by atoms with Gasteiger partial charge in [0, 0.05) is 55.4 Å². The standard InChI is InChI=1S/C40H58N6O2/c1-28-24-30(26-36(38(28)41)31-8-9-31)25-34(40(48)46-22-20-45(21-23-46)35-10-15-42-16-11-35)14-19-44-17-12-29(13-18-44)6-7-33-27-32-4-2-3-5-37(32)43-39(33)47/h2-5,24,26,29,31,33-35,42H,6-23,25,27,41H2,1H3,(H,43,47)/t33?,34-/m1/s1. The molecule has 5 aliphatic rings. The molecule has 2 amide bonds. The van der Waals surface area contributed by atoms with Crippen LogP contribution in [0.2, 0.25) is 0 Å². The fraction of sp³-hybridized carbons (Fsp3) is 0.650. The van der Waals surface area contributed by atoms with E-state index in [1.165, 1.54) is 55.2 Å². The Morgan fingerprint density at radius 1 is 0.938 bits per heavy atom. The minimum atomic E-state index is -0.00377. The van der Waals surface area contributed by atoms with Crippen molar-refractivity contribution in [3.8, 4) is 0 Å². The van der Waals surface area contributed by atoms with Gasteiger partial charge in [-0.05, 0) is 150 Å². The maximum Gasteiger partial charge on any atom is 0.227 e. The Labute approximate surface area is 288 Å². The predicted octanol–water partition coefficient (Wildman–Crippen LogP) is 5.20. The summed E-state index contributed by atoms with van der Waals surface area (Å²) in [6, 6.07) is 13.5. The van der Waals surface area contributed by atoms with Gasteiger partial charge in [0.25, 0.3) is 0 Å². The number of benzene rings is 2. The molecular formula is C40H58N6O2. The summed E-state index contributed by atoms with van der Waals surface area (Å²) < 4.78 is 0. The Balaban J connectivity index is 0.934. The molecule has 0 radical (unpaired) electrons. The summed E-state index contributed by atoms with van der Waals surface area (Å²) in [5, 5.41) is 6.62. The molecule has 2 aromatic rings. The molecule has 7 rings (SSSR count). The molecule has 8 heteroatoms. The molecule has 1 unspecified atom stereocenters. The second kappa shape index (κ2) is 15.3. The molecule has 4 N–H and O–H groups in total. The number of carbonyl (C=O) groups excluding carboxylic acids is 2. The first-order chi connectivity index (χ1) is 23.4. The number of fused-ring (bicyclic) bond motifs is 1. The largest absolute Gasteiger partial charge is 0.398 e. The molecule has 3 saturated heterocycles. The van der Waals surface area contributed by atoms with Crippen LogP contribution in [0.3, 0.4) is 0 Å². The highest BCUT2D eigenvalue weighted by molar-refractivity contribution is 5.95. The van der Waals surface area contributed by atoms with Crippen LogP contribution in [0.25, 0.3) is 0 Å². The number of rotatable bonds is 11. The lowest BCUT2D eigenvalue weighted by atomic mass is 9.84. The number of aryl methyl sites for hydroxylation is 1. The van der Waals surface area contributed by atoms with Crippen molar-refractivity contribution in [3.63, 3.8) is 0 Å². The number of piperazine rings is 1. The van der Waals surface area contributed by atoms with Crippen LogP contribution in [-0.2, 0) is 22.4 Å². The van der Waals surface area contributed by atoms with Crippen LogP contribution in [-0.4, -0.2) is 91.5 Å². The topological polar surface area (TPSA) is 93.9 Å². The number of carbonyl (C=O) groups is 2. The molecule has 260 valence electrons. The van der Waals surface area contributed by atoms with Gasteiger partial charge in [-0.3, -0.25) is 14.5 Å². The molecule has 0 bridgehead atoms. The molecule has 1 saturated carbocycles. The summed E-state index contributed by atoms with van der Waals surface area (Å²) in [6.45, 7) is 11.2. The third kappa shape index (κ3) is 8.09. The van der Waals surface area contributed by atoms with E-state index in [1.54, 1.807) is 0 Å². The van der Waals surface area contributed by atoms with Crippen molar-refractivity contribution in [1.82, 2.24) is 20.0 Å². The van der Waals surface area contributed by atoms with E-state index in [4.69, 9.17) is 5.73 Å². The van der Waals surface area contributed by atoms with Gasteiger partial charge < -0.3 is 26.2 Å². The lowest BCUT2D eigenvalue weighted by molar-refractivity contribution is -0.138. The van der Waals surface area contributed by atoms with Crippen LogP contribution in [0.5, 0.6) is 0 Å². The van der Waals surface area contributed by atoms with Gasteiger partial charge in [0.05, 0.1) is 0 Å². The van der Waals surface area contributed by atoms with Gasteiger partial charge in [-0.1, -0.05) is 30.3 Å². The quantitative estimate of drug-likeness (QED) is 0.289. The number of likely N-dealkylation sites (tertiary alicyclic amines) is 1. The molecule has 48 heavy (non-hydrogen) atoms. The molecule has 4 heterocycles. The van der Waals surface area contributed by atoms with E-state index in [-0.39, 0.29) is 17.7 Å². The number of hydrogen-bond acceptors (Lipinski definition) is 6. The first-order valence-electron chi connectivity index (χ1n) is 19.1. The Hall–Kier alpha value is -2.94. The number of piperidine rings is 2. The molecule has 1 aliphatic carbocycles. The number of nitrogens with one attached hydrogen (secondary N) is 2. The van der Waals surface area contributed by atoms with E-state index in [0.29, 0.717) is 23.8 Å². The van der Waals surface area contributed by atoms with Crippen molar-refractivity contribution in [1.29, 1.82) is 0 Å². The summed E-state index contributed by atoms with van der Waals surface area (Å²) in [5.41, 5.74) is 13.5. The number of para-hydroxylation sites is 1. The summed E-state index contributed by atoms with van der Waals surface area (Å²) in [6.07, 6.45) is 11.9. The first-order valence-corrected chi connectivity index (χ1v) is 19.1. The smallest absolute Gasteiger partial charge is 0.227 e. The van der Waals surface area contributed by atoms with Crippen LogP contribution in [0.15, 0.2) is 36.4 Å². The van der Waals surface area contributed by atoms with Crippen LogP contribution in [0.4, 0.5) is 11.4 Å². The maximum atomic E-state index is 14.3. The van der Waals surface area contributed by atoms with Crippen molar-refractivity contribution in [3.05, 3.63) is 58.7 Å². The number of anilines is 2. The third-order valence-electron chi connectivity index (χ3n) is 12.3. The second-order valence-corrected chi connectivity index (χ2v) is 15.6. The fourth-order valence-corrected chi connectivity index (χ4v) is 9.01. The van der Waals surface area contributed by atoms with Gasteiger partial charge in [0.1, 0.15) is 0 Å². The van der Waals surface area contributed by atoms with Crippen molar-refractivity contribution in [2.45, 2.75) is 89.5 Å². The van der Waals surface area contributed by atoms with E-state index < -0.39 is 0 Å². The monoisotopic (exact) mass is 654 g/mol. The van der Waals surface area contributed by atoms with Crippen molar-refractivity contribution in [2.24, 2.45) is 17.8 Å². The average Bonchev–Trinajstić information content (AvgIpc) is 3.97. The van der Waals surface area contributed by atoms with Gasteiger partial charge >= 0.3 is 0 Å². The predicted molar refractivity (Wildman–Crippen MR) is 194 cm³/mol. The number of nitrogens with zero attached hydrogens (tertiary/aromatic N) is 3. The van der Waals surface area contributed by atoms with Gasteiger partial charge in [0.15, 0.2) is 0 Å². The molecule has 2 atom stereocenters. The highest BCUT2D eigenvalue weighted by atomic mass is 16.2. The Bertz CT molecular complexity index is 1420. The summed E-state index contributed by atoms with van der Waals surface area (Å²) in [7, 11) is 0. The lowest BCUT2D eigenvalue weighted by Gasteiger charge is -2.42. The van der Waals surface area contributed by atoms with E-state index in [2.05, 4.69) is 56.5 Å². The van der Waals surface area contributed by atoms with E-state index >= 15 is 0 Å². The summed E-state index contributed by atoms with van der Waals surface area (Å²) in [4.78, 5) is 34.4. The Morgan fingerprint density at radius 2 is 1.69 bits per heavy atom. The van der Waals surface area contributed by atoms with Gasteiger partial charge in [-0.2, -0.15) is 0 Å². The molecule has 4 aliphatic heterocycles. The fourth-order valence-electron chi connectivity index (χ4n) is 9.01. The number of nitrogens with two attached hydrogens (primary N) is 1. The first kappa shape index (κ1) is 33.6. The van der Waals surface area contributed by atoms with Crippen molar-refractivity contribution in [2.75, 3.05) is 70.0 Å². The van der Waals surface area contributed by atoms with Crippen molar-refractivity contribution >= 4 is 23.2 Å². The van der Waals surface area contributed by atoms with Crippen LogP contribution in [0.1, 0.15) is 86.0 Å². The number of nitrogen functional groups attached to an aromatic ring is 1. The Kier molecular flexibility index (Phi) is 10.7. The third-order valence-corrected chi connectivity index (χ3v) is 12.3. The zero-order valence-corrected chi connectivity index (χ0v) is 29.2. The normalized spacial score (nSPS) is 23.9. The zero-order chi connectivity index (χ0) is 33.0. The highest BCUT2D eigenvalue weighted by Crippen LogP contribution is 2.44. The van der Waals surface area contributed by atoms with E-state index in [0.717, 1.165) is 108 Å². The minimum absolute atomic E-state index is 0.00377.